The number of amides is 1. The number of nitrogens with one attached hydrogen (secondary N) is 1. The van der Waals surface area contributed by atoms with Gasteiger partial charge in [-0.05, 0) is 29.3 Å². The number of halogens is 3. The molecule has 0 saturated carbocycles. The minimum atomic E-state index is -4.35. The Morgan fingerprint density at radius 1 is 1.08 bits per heavy atom. The van der Waals surface area contributed by atoms with Gasteiger partial charge < -0.3 is 9.88 Å². The van der Waals surface area contributed by atoms with Gasteiger partial charge in [0, 0.05) is 30.7 Å². The summed E-state index contributed by atoms with van der Waals surface area (Å²) in [5, 5.41) is 0.999. The molecule has 6 heteroatoms. The fourth-order valence-electron chi connectivity index (χ4n) is 2.74. The summed E-state index contributed by atoms with van der Waals surface area (Å²) >= 11 is 0. The molecular formula is C19H17F3N2O. The van der Waals surface area contributed by atoms with Gasteiger partial charge in [0.05, 0.1) is 12.0 Å². The van der Waals surface area contributed by atoms with E-state index in [1.54, 1.807) is 7.05 Å². The molecule has 0 fully saturated rings. The van der Waals surface area contributed by atoms with Crippen molar-refractivity contribution in [2.75, 3.05) is 7.05 Å². The molecule has 0 atom stereocenters. The summed E-state index contributed by atoms with van der Waals surface area (Å²) in [6.07, 6.45) is -2.30. The smallest absolute Gasteiger partial charge is 0.361 e. The van der Waals surface area contributed by atoms with Crippen molar-refractivity contribution in [3.63, 3.8) is 0 Å². The number of carbonyl (C=O) groups excluding carboxylic acids is 1. The normalized spacial score (nSPS) is 11.7. The summed E-state index contributed by atoms with van der Waals surface area (Å²) in [7, 11) is 1.65. The molecule has 1 amide bonds. The molecule has 0 radical (unpaired) electrons. The van der Waals surface area contributed by atoms with Gasteiger partial charge >= 0.3 is 6.18 Å². The van der Waals surface area contributed by atoms with E-state index in [4.69, 9.17) is 0 Å². The van der Waals surface area contributed by atoms with Gasteiger partial charge in [-0.1, -0.05) is 30.3 Å². The van der Waals surface area contributed by atoms with E-state index in [1.165, 1.54) is 17.0 Å². The van der Waals surface area contributed by atoms with E-state index in [1.807, 2.05) is 30.5 Å². The Hall–Kier alpha value is -2.76. The minimum Gasteiger partial charge on any atom is -0.361 e. The molecule has 3 nitrogen and oxygen atoms in total. The van der Waals surface area contributed by atoms with Crippen LogP contribution < -0.4 is 0 Å². The number of hydrogen-bond acceptors (Lipinski definition) is 1. The zero-order valence-electron chi connectivity index (χ0n) is 13.6. The maximum Gasteiger partial charge on any atom is 0.416 e. The number of likely N-dealkylation sites (N-methyl/N-ethyl adjacent to an activating group) is 1. The molecule has 3 rings (SSSR count). The van der Waals surface area contributed by atoms with Crippen LogP contribution in [0.5, 0.6) is 0 Å². The molecule has 0 unspecified atom stereocenters. The van der Waals surface area contributed by atoms with Crippen LogP contribution in [-0.4, -0.2) is 22.8 Å². The Kier molecular flexibility index (Phi) is 4.53. The maximum absolute atomic E-state index is 12.6. The Bertz CT molecular complexity index is 882. The molecule has 1 aromatic heterocycles. The molecular weight excluding hydrogens is 329 g/mol. The van der Waals surface area contributed by atoms with Gasteiger partial charge in [0.25, 0.3) is 0 Å². The molecule has 25 heavy (non-hydrogen) atoms. The monoisotopic (exact) mass is 346 g/mol. The predicted molar refractivity (Wildman–Crippen MR) is 89.9 cm³/mol. The van der Waals surface area contributed by atoms with Gasteiger partial charge in [0.15, 0.2) is 0 Å². The van der Waals surface area contributed by atoms with Crippen molar-refractivity contribution in [3.8, 4) is 0 Å². The standard InChI is InChI=1S/C19H17F3N2O/c1-24(12-13-6-8-15(9-7-13)19(20,21)22)18(25)10-14-11-23-17-5-3-2-4-16(14)17/h2-9,11,23H,10,12H2,1H3. The fraction of sp³-hybridized carbons (Fsp3) is 0.211. The first-order valence-electron chi connectivity index (χ1n) is 7.79. The van der Waals surface area contributed by atoms with Crippen molar-refractivity contribution in [2.45, 2.75) is 19.1 Å². The molecule has 0 aliphatic rings. The molecule has 0 saturated heterocycles. The number of carbonyl (C=O) groups is 1. The quantitative estimate of drug-likeness (QED) is 0.747. The van der Waals surface area contributed by atoms with Gasteiger partial charge in [-0.25, -0.2) is 0 Å². The van der Waals surface area contributed by atoms with Crippen LogP contribution in [0.15, 0.2) is 54.7 Å². The summed E-state index contributed by atoms with van der Waals surface area (Å²) in [6.45, 7) is 0.263. The number of aromatic amines is 1. The maximum atomic E-state index is 12.6. The third-order valence-electron chi connectivity index (χ3n) is 4.14. The third kappa shape index (κ3) is 3.84. The Morgan fingerprint density at radius 3 is 2.44 bits per heavy atom. The Balaban J connectivity index is 1.66. The van der Waals surface area contributed by atoms with E-state index < -0.39 is 11.7 Å². The number of hydrogen-bond donors (Lipinski definition) is 1. The second kappa shape index (κ2) is 6.63. The van der Waals surface area contributed by atoms with Crippen molar-refractivity contribution in [1.82, 2.24) is 9.88 Å². The van der Waals surface area contributed by atoms with E-state index >= 15 is 0 Å². The van der Waals surface area contributed by atoms with Crippen LogP contribution in [0.1, 0.15) is 16.7 Å². The zero-order valence-corrected chi connectivity index (χ0v) is 13.6. The second-order valence-corrected chi connectivity index (χ2v) is 5.98. The van der Waals surface area contributed by atoms with Crippen LogP contribution in [0.4, 0.5) is 13.2 Å². The molecule has 0 aliphatic heterocycles. The first kappa shape index (κ1) is 17.1. The predicted octanol–water partition coefficient (Wildman–Crippen LogP) is 4.39. The first-order valence-corrected chi connectivity index (χ1v) is 7.79. The highest BCUT2D eigenvalue weighted by atomic mass is 19.4. The molecule has 1 heterocycles. The second-order valence-electron chi connectivity index (χ2n) is 5.98. The van der Waals surface area contributed by atoms with Gasteiger partial charge in [-0.3, -0.25) is 4.79 Å². The SMILES string of the molecule is CN(Cc1ccc(C(F)(F)F)cc1)C(=O)Cc1c[nH]c2ccccc12. The van der Waals surface area contributed by atoms with E-state index in [2.05, 4.69) is 4.98 Å². The molecule has 1 N–H and O–H groups in total. The number of alkyl halides is 3. The molecule has 0 spiro atoms. The number of para-hydroxylation sites is 1. The van der Waals surface area contributed by atoms with Crippen LogP contribution in [-0.2, 0) is 23.9 Å². The largest absolute Gasteiger partial charge is 0.416 e. The average molecular weight is 346 g/mol. The lowest BCUT2D eigenvalue weighted by Crippen LogP contribution is -2.27. The van der Waals surface area contributed by atoms with Crippen molar-refractivity contribution in [1.29, 1.82) is 0 Å². The lowest BCUT2D eigenvalue weighted by molar-refractivity contribution is -0.137. The van der Waals surface area contributed by atoms with Gasteiger partial charge in [-0.15, -0.1) is 0 Å². The van der Waals surface area contributed by atoms with Crippen molar-refractivity contribution < 1.29 is 18.0 Å². The summed E-state index contributed by atoms with van der Waals surface area (Å²) in [6, 6.07) is 12.6. The van der Waals surface area contributed by atoms with Crippen LogP contribution >= 0.6 is 0 Å². The van der Waals surface area contributed by atoms with Gasteiger partial charge in [-0.2, -0.15) is 13.2 Å². The average Bonchev–Trinajstić information content (AvgIpc) is 2.97. The van der Waals surface area contributed by atoms with Crippen molar-refractivity contribution >= 4 is 16.8 Å². The number of aromatic nitrogens is 1. The van der Waals surface area contributed by atoms with Crippen LogP contribution in [0.3, 0.4) is 0 Å². The third-order valence-corrected chi connectivity index (χ3v) is 4.14. The summed E-state index contributed by atoms with van der Waals surface area (Å²) in [5.74, 6) is -0.0929. The highest BCUT2D eigenvalue weighted by Crippen LogP contribution is 2.29. The van der Waals surface area contributed by atoms with Gasteiger partial charge in [0.1, 0.15) is 0 Å². The lowest BCUT2D eigenvalue weighted by Gasteiger charge is -2.17. The molecule has 130 valence electrons. The van der Waals surface area contributed by atoms with Crippen LogP contribution in [0.2, 0.25) is 0 Å². The molecule has 2 aromatic carbocycles. The zero-order chi connectivity index (χ0) is 18.0. The number of benzene rings is 2. The van der Waals surface area contributed by atoms with E-state index in [-0.39, 0.29) is 18.9 Å². The molecule has 0 bridgehead atoms. The Labute approximate surface area is 143 Å². The topological polar surface area (TPSA) is 36.1 Å². The summed E-state index contributed by atoms with van der Waals surface area (Å²) in [4.78, 5) is 17.1. The van der Waals surface area contributed by atoms with E-state index in [0.717, 1.165) is 28.6 Å². The molecule has 0 aliphatic carbocycles. The number of rotatable bonds is 4. The highest BCUT2D eigenvalue weighted by Gasteiger charge is 2.30. The molecule has 3 aromatic rings. The number of fused-ring (bicyclic) bond motifs is 1. The van der Waals surface area contributed by atoms with E-state index in [9.17, 15) is 18.0 Å². The summed E-state index contributed by atoms with van der Waals surface area (Å²) < 4.78 is 37.7. The highest BCUT2D eigenvalue weighted by molar-refractivity contribution is 5.88. The van der Waals surface area contributed by atoms with Crippen molar-refractivity contribution in [2.24, 2.45) is 0 Å². The number of nitrogens with zero attached hydrogens (tertiary/aromatic N) is 1. The van der Waals surface area contributed by atoms with Crippen LogP contribution in [0, 0.1) is 0 Å². The number of H-pyrrole nitrogens is 1. The first-order chi connectivity index (χ1) is 11.8. The van der Waals surface area contributed by atoms with Crippen LogP contribution in [0.25, 0.3) is 10.9 Å². The van der Waals surface area contributed by atoms with Crippen molar-refractivity contribution in [3.05, 3.63) is 71.4 Å². The van der Waals surface area contributed by atoms with Gasteiger partial charge in [0.2, 0.25) is 5.91 Å². The van der Waals surface area contributed by atoms with E-state index in [0.29, 0.717) is 5.56 Å². The minimum absolute atomic E-state index is 0.0929. The Morgan fingerprint density at radius 2 is 1.76 bits per heavy atom. The summed E-state index contributed by atoms with van der Waals surface area (Å²) in [5.41, 5.74) is 1.84. The lowest BCUT2D eigenvalue weighted by atomic mass is 10.1. The fourth-order valence-corrected chi connectivity index (χ4v) is 2.74.